The van der Waals surface area contributed by atoms with Gasteiger partial charge < -0.3 is 10.1 Å². The second-order valence-corrected chi connectivity index (χ2v) is 3.61. The lowest BCUT2D eigenvalue weighted by Crippen LogP contribution is -2.05. The van der Waals surface area contributed by atoms with E-state index in [1.807, 2.05) is 13.8 Å². The quantitative estimate of drug-likeness (QED) is 0.721. The third-order valence-corrected chi connectivity index (χ3v) is 1.81. The number of hydrogen-bond donors (Lipinski definition) is 2. The van der Waals surface area contributed by atoms with E-state index in [4.69, 9.17) is 5.11 Å². The number of aromatic nitrogens is 1. The number of carbonyl (C=O) groups excluding carboxylic acids is 1. The number of nitrogens with one attached hydrogen (secondary N) is 1. The highest BCUT2D eigenvalue weighted by molar-refractivity contribution is 5.96. The normalized spacial score (nSPS) is 10.5. The molecule has 4 nitrogen and oxygen atoms in total. The molecular weight excluding hydrogens is 182 g/mol. The molecule has 1 aromatic rings. The van der Waals surface area contributed by atoms with Crippen LogP contribution in [0.5, 0.6) is 0 Å². The smallest absolute Gasteiger partial charge is 0.352 e. The van der Waals surface area contributed by atoms with Gasteiger partial charge in [0.2, 0.25) is 0 Å². The van der Waals surface area contributed by atoms with Gasteiger partial charge in [0.15, 0.2) is 5.78 Å². The van der Waals surface area contributed by atoms with Gasteiger partial charge in [-0.1, -0.05) is 13.8 Å². The Labute approximate surface area is 81.9 Å². The van der Waals surface area contributed by atoms with E-state index in [1.165, 1.54) is 12.1 Å². The van der Waals surface area contributed by atoms with Crippen molar-refractivity contribution in [2.75, 3.05) is 0 Å². The number of aromatic carboxylic acids is 1. The van der Waals surface area contributed by atoms with Crippen molar-refractivity contribution < 1.29 is 14.7 Å². The van der Waals surface area contributed by atoms with Crippen molar-refractivity contribution in [2.24, 2.45) is 5.92 Å². The van der Waals surface area contributed by atoms with Crippen LogP contribution >= 0.6 is 0 Å². The van der Waals surface area contributed by atoms with Crippen LogP contribution in [0.3, 0.4) is 0 Å². The maximum absolute atomic E-state index is 11.5. The summed E-state index contributed by atoms with van der Waals surface area (Å²) in [6.07, 6.45) is 0.430. The minimum Gasteiger partial charge on any atom is -0.477 e. The lowest BCUT2D eigenvalue weighted by Gasteiger charge is -2.00. The van der Waals surface area contributed by atoms with Gasteiger partial charge in [-0.3, -0.25) is 4.79 Å². The molecule has 0 aliphatic carbocycles. The van der Waals surface area contributed by atoms with Gasteiger partial charge in [0, 0.05) is 6.42 Å². The summed E-state index contributed by atoms with van der Waals surface area (Å²) in [7, 11) is 0. The molecule has 1 rings (SSSR count). The number of ketones is 1. The van der Waals surface area contributed by atoms with Gasteiger partial charge >= 0.3 is 5.97 Å². The van der Waals surface area contributed by atoms with Gasteiger partial charge in [0.25, 0.3) is 0 Å². The Kier molecular flexibility index (Phi) is 3.06. The van der Waals surface area contributed by atoms with Crippen LogP contribution in [0.2, 0.25) is 0 Å². The summed E-state index contributed by atoms with van der Waals surface area (Å²) in [5.41, 5.74) is 0.424. The Morgan fingerprint density at radius 1 is 1.36 bits per heavy atom. The molecular formula is C10H13NO3. The second-order valence-electron chi connectivity index (χ2n) is 3.61. The van der Waals surface area contributed by atoms with Crippen molar-refractivity contribution in [2.45, 2.75) is 20.3 Å². The van der Waals surface area contributed by atoms with E-state index in [-0.39, 0.29) is 17.4 Å². The molecule has 0 aromatic carbocycles. The van der Waals surface area contributed by atoms with Crippen LogP contribution in [0.1, 0.15) is 41.2 Å². The van der Waals surface area contributed by atoms with Crippen LogP contribution in [0.25, 0.3) is 0 Å². The molecule has 76 valence electrons. The first-order valence-corrected chi connectivity index (χ1v) is 4.46. The zero-order valence-electron chi connectivity index (χ0n) is 8.20. The maximum Gasteiger partial charge on any atom is 0.352 e. The van der Waals surface area contributed by atoms with E-state index in [0.29, 0.717) is 12.1 Å². The summed E-state index contributed by atoms with van der Waals surface area (Å²) >= 11 is 0. The Morgan fingerprint density at radius 3 is 2.36 bits per heavy atom. The van der Waals surface area contributed by atoms with Crippen LogP contribution in [0.4, 0.5) is 0 Å². The zero-order valence-corrected chi connectivity index (χ0v) is 8.20. The van der Waals surface area contributed by atoms with Gasteiger partial charge in [0.05, 0.1) is 5.69 Å². The summed E-state index contributed by atoms with van der Waals surface area (Å²) in [5.74, 6) is -0.819. The fraction of sp³-hybridized carbons (Fsp3) is 0.400. The van der Waals surface area contributed by atoms with E-state index in [9.17, 15) is 9.59 Å². The molecule has 0 aliphatic rings. The van der Waals surface area contributed by atoms with E-state index >= 15 is 0 Å². The van der Waals surface area contributed by atoms with Gasteiger partial charge in [-0.15, -0.1) is 0 Å². The molecule has 2 N–H and O–H groups in total. The largest absolute Gasteiger partial charge is 0.477 e. The Balaban J connectivity index is 2.76. The number of carboxylic acids is 1. The standard InChI is InChI=1S/C10H13NO3/c1-6(2)5-9(12)7-3-4-8(11-7)10(13)14/h3-4,6,11H,5H2,1-2H3,(H,13,14). The van der Waals surface area contributed by atoms with Crippen LogP contribution in [-0.2, 0) is 0 Å². The molecule has 0 aliphatic heterocycles. The summed E-state index contributed by atoms with van der Waals surface area (Å²) in [6.45, 7) is 3.89. The minimum absolute atomic E-state index is 0.0486. The molecule has 0 fully saturated rings. The predicted molar refractivity (Wildman–Crippen MR) is 51.5 cm³/mol. The highest BCUT2D eigenvalue weighted by atomic mass is 16.4. The fourth-order valence-corrected chi connectivity index (χ4v) is 1.16. The van der Waals surface area contributed by atoms with Crippen molar-refractivity contribution in [3.05, 3.63) is 23.5 Å². The number of H-pyrrole nitrogens is 1. The molecule has 0 amide bonds. The Hall–Kier alpha value is -1.58. The van der Waals surface area contributed by atoms with Crippen LogP contribution in [0.15, 0.2) is 12.1 Å². The lowest BCUT2D eigenvalue weighted by atomic mass is 10.1. The molecule has 0 bridgehead atoms. The second kappa shape index (κ2) is 4.09. The maximum atomic E-state index is 11.5. The summed E-state index contributed by atoms with van der Waals surface area (Å²) in [4.78, 5) is 24.6. The van der Waals surface area contributed by atoms with Crippen molar-refractivity contribution in [1.82, 2.24) is 4.98 Å². The summed E-state index contributed by atoms with van der Waals surface area (Å²) in [5, 5.41) is 8.62. The molecule has 14 heavy (non-hydrogen) atoms. The first-order valence-electron chi connectivity index (χ1n) is 4.46. The number of rotatable bonds is 4. The third-order valence-electron chi connectivity index (χ3n) is 1.81. The van der Waals surface area contributed by atoms with Crippen LogP contribution in [-0.4, -0.2) is 21.8 Å². The SMILES string of the molecule is CC(C)CC(=O)c1ccc(C(=O)O)[nH]1. The minimum atomic E-state index is -1.05. The van der Waals surface area contributed by atoms with E-state index < -0.39 is 5.97 Å². The predicted octanol–water partition coefficient (Wildman–Crippen LogP) is 1.94. The van der Waals surface area contributed by atoms with E-state index in [1.54, 1.807) is 0 Å². The van der Waals surface area contributed by atoms with Crippen molar-refractivity contribution >= 4 is 11.8 Å². The van der Waals surface area contributed by atoms with Gasteiger partial charge in [-0.2, -0.15) is 0 Å². The fourth-order valence-electron chi connectivity index (χ4n) is 1.16. The topological polar surface area (TPSA) is 70.2 Å². The number of Topliss-reactive ketones (excluding diaryl/α,β-unsaturated/α-hetero) is 1. The molecule has 0 radical (unpaired) electrons. The molecule has 0 atom stereocenters. The number of aromatic amines is 1. The highest BCUT2D eigenvalue weighted by Crippen LogP contribution is 2.09. The first kappa shape index (κ1) is 10.5. The number of carbonyl (C=O) groups is 2. The van der Waals surface area contributed by atoms with Crippen molar-refractivity contribution in [3.8, 4) is 0 Å². The first-order chi connectivity index (χ1) is 6.50. The summed E-state index contributed by atoms with van der Waals surface area (Å²) < 4.78 is 0. The molecule has 0 spiro atoms. The lowest BCUT2D eigenvalue weighted by molar-refractivity contribution is 0.0691. The highest BCUT2D eigenvalue weighted by Gasteiger charge is 2.12. The number of carboxylic acid groups (broad SMARTS) is 1. The third kappa shape index (κ3) is 2.45. The summed E-state index contributed by atoms with van der Waals surface area (Å²) in [6, 6.07) is 2.91. The van der Waals surface area contributed by atoms with Crippen LogP contribution < -0.4 is 0 Å². The zero-order chi connectivity index (χ0) is 10.7. The molecule has 0 saturated carbocycles. The monoisotopic (exact) mass is 195 g/mol. The van der Waals surface area contributed by atoms with Crippen molar-refractivity contribution in [1.29, 1.82) is 0 Å². The average molecular weight is 195 g/mol. The molecule has 0 unspecified atom stereocenters. The van der Waals surface area contributed by atoms with Gasteiger partial charge in [0.1, 0.15) is 5.69 Å². The molecule has 1 aromatic heterocycles. The average Bonchev–Trinajstić information content (AvgIpc) is 2.50. The van der Waals surface area contributed by atoms with Gasteiger partial charge in [-0.05, 0) is 18.1 Å². The van der Waals surface area contributed by atoms with E-state index in [2.05, 4.69) is 4.98 Å². The molecule has 1 heterocycles. The van der Waals surface area contributed by atoms with E-state index in [0.717, 1.165) is 0 Å². The molecule has 0 saturated heterocycles. The molecule has 4 heteroatoms. The van der Waals surface area contributed by atoms with Crippen molar-refractivity contribution in [3.63, 3.8) is 0 Å². The van der Waals surface area contributed by atoms with Gasteiger partial charge in [-0.25, -0.2) is 4.79 Å². The Bertz CT molecular complexity index is 352. The Morgan fingerprint density at radius 2 is 1.93 bits per heavy atom. The number of hydrogen-bond acceptors (Lipinski definition) is 2. The van der Waals surface area contributed by atoms with Crippen LogP contribution in [0, 0.1) is 5.92 Å².